The number of carbonyl (C=O) groups excluding carboxylic acids is 1. The summed E-state index contributed by atoms with van der Waals surface area (Å²) >= 11 is 0. The average molecular weight is 204 g/mol. The zero-order chi connectivity index (χ0) is 11.4. The number of hydrogen-bond donors (Lipinski definition) is 0. The van der Waals surface area contributed by atoms with E-state index in [2.05, 4.69) is 32.9 Å². The van der Waals surface area contributed by atoms with Crippen molar-refractivity contribution in [3.8, 4) is 0 Å². The molecule has 15 heavy (non-hydrogen) atoms. The van der Waals surface area contributed by atoms with Gasteiger partial charge in [-0.15, -0.1) is 0 Å². The van der Waals surface area contributed by atoms with E-state index in [0.717, 1.165) is 12.0 Å². The quantitative estimate of drug-likeness (QED) is 0.641. The summed E-state index contributed by atoms with van der Waals surface area (Å²) in [7, 11) is 0. The molecule has 1 rings (SSSR count). The summed E-state index contributed by atoms with van der Waals surface area (Å²) in [5.41, 5.74) is 2.21. The van der Waals surface area contributed by atoms with Crippen molar-refractivity contribution in [2.75, 3.05) is 0 Å². The van der Waals surface area contributed by atoms with E-state index in [1.54, 1.807) is 6.08 Å². The lowest BCUT2D eigenvalue weighted by atomic mass is 9.81. The van der Waals surface area contributed by atoms with Gasteiger partial charge >= 0.3 is 0 Å². The molecule has 0 spiro atoms. The lowest BCUT2D eigenvalue weighted by Crippen LogP contribution is -2.15. The second kappa shape index (κ2) is 5.11. The summed E-state index contributed by atoms with van der Waals surface area (Å²) in [5.74, 6) is 0.961. The number of hydrogen-bond acceptors (Lipinski definition) is 1. The Hall–Kier alpha value is -1.11. The van der Waals surface area contributed by atoms with Crippen LogP contribution in [0.3, 0.4) is 0 Å². The third kappa shape index (κ3) is 2.68. The van der Waals surface area contributed by atoms with E-state index in [9.17, 15) is 4.79 Å². The van der Waals surface area contributed by atoms with Gasteiger partial charge in [0.15, 0.2) is 5.78 Å². The number of ketones is 1. The van der Waals surface area contributed by atoms with Crippen LogP contribution in [0, 0.1) is 11.8 Å². The SMILES string of the molecule is CC=CC(=O)C1=C(C(C)C)C=CCC1C. The molecule has 1 unspecified atom stereocenters. The second-order valence-corrected chi connectivity index (χ2v) is 4.43. The molecule has 1 aliphatic carbocycles. The van der Waals surface area contributed by atoms with Crippen LogP contribution in [0.2, 0.25) is 0 Å². The van der Waals surface area contributed by atoms with Crippen molar-refractivity contribution in [3.63, 3.8) is 0 Å². The molecule has 0 aromatic carbocycles. The first-order chi connectivity index (χ1) is 7.07. The van der Waals surface area contributed by atoms with Crippen molar-refractivity contribution >= 4 is 5.78 Å². The normalized spacial score (nSPS) is 21.8. The van der Waals surface area contributed by atoms with Gasteiger partial charge in [0.1, 0.15) is 0 Å². The highest BCUT2D eigenvalue weighted by atomic mass is 16.1. The smallest absolute Gasteiger partial charge is 0.182 e. The summed E-state index contributed by atoms with van der Waals surface area (Å²) in [5, 5.41) is 0. The van der Waals surface area contributed by atoms with E-state index < -0.39 is 0 Å². The Morgan fingerprint density at radius 2 is 2.20 bits per heavy atom. The van der Waals surface area contributed by atoms with Crippen LogP contribution in [-0.4, -0.2) is 5.78 Å². The number of allylic oxidation sites excluding steroid dienone is 6. The van der Waals surface area contributed by atoms with E-state index >= 15 is 0 Å². The van der Waals surface area contributed by atoms with Gasteiger partial charge in [0.2, 0.25) is 0 Å². The van der Waals surface area contributed by atoms with Crippen molar-refractivity contribution in [2.45, 2.75) is 34.1 Å². The van der Waals surface area contributed by atoms with Crippen molar-refractivity contribution < 1.29 is 4.79 Å². The first kappa shape index (κ1) is 12.0. The topological polar surface area (TPSA) is 17.1 Å². The van der Waals surface area contributed by atoms with Crippen LogP contribution in [-0.2, 0) is 4.79 Å². The second-order valence-electron chi connectivity index (χ2n) is 4.43. The summed E-state index contributed by atoms with van der Waals surface area (Å²) in [6.45, 7) is 8.29. The molecule has 0 saturated heterocycles. The summed E-state index contributed by atoms with van der Waals surface area (Å²) < 4.78 is 0. The maximum absolute atomic E-state index is 11.9. The molecule has 1 nitrogen and oxygen atoms in total. The highest BCUT2D eigenvalue weighted by Crippen LogP contribution is 2.30. The van der Waals surface area contributed by atoms with Gasteiger partial charge in [-0.05, 0) is 36.8 Å². The molecule has 0 radical (unpaired) electrons. The number of carbonyl (C=O) groups is 1. The maximum atomic E-state index is 11.9. The first-order valence-corrected chi connectivity index (χ1v) is 5.65. The van der Waals surface area contributed by atoms with E-state index in [1.165, 1.54) is 5.57 Å². The average Bonchev–Trinajstić information content (AvgIpc) is 2.17. The van der Waals surface area contributed by atoms with E-state index in [-0.39, 0.29) is 5.78 Å². The van der Waals surface area contributed by atoms with Crippen LogP contribution in [0.15, 0.2) is 35.5 Å². The van der Waals surface area contributed by atoms with Crippen LogP contribution in [0.1, 0.15) is 34.1 Å². The van der Waals surface area contributed by atoms with Crippen molar-refractivity contribution in [2.24, 2.45) is 11.8 Å². The minimum absolute atomic E-state index is 0.179. The highest BCUT2D eigenvalue weighted by Gasteiger charge is 2.21. The van der Waals surface area contributed by atoms with Gasteiger partial charge < -0.3 is 0 Å². The van der Waals surface area contributed by atoms with E-state index in [1.807, 2.05) is 13.0 Å². The molecule has 0 N–H and O–H groups in total. The molecule has 1 aliphatic rings. The van der Waals surface area contributed by atoms with Gasteiger partial charge in [-0.3, -0.25) is 4.79 Å². The fraction of sp³-hybridized carbons (Fsp3) is 0.500. The van der Waals surface area contributed by atoms with Gasteiger partial charge in [0.05, 0.1) is 0 Å². The van der Waals surface area contributed by atoms with Gasteiger partial charge in [0, 0.05) is 5.57 Å². The molecule has 0 heterocycles. The Morgan fingerprint density at radius 1 is 1.53 bits per heavy atom. The molecule has 1 heteroatoms. The van der Waals surface area contributed by atoms with Gasteiger partial charge in [0.25, 0.3) is 0 Å². The lowest BCUT2D eigenvalue weighted by Gasteiger charge is -2.22. The van der Waals surface area contributed by atoms with Crippen molar-refractivity contribution in [1.29, 1.82) is 0 Å². The Balaban J connectivity index is 3.14. The third-order valence-corrected chi connectivity index (χ3v) is 2.80. The molecule has 0 aromatic heterocycles. The van der Waals surface area contributed by atoms with Gasteiger partial charge in [-0.1, -0.05) is 39.0 Å². The minimum atomic E-state index is 0.179. The first-order valence-electron chi connectivity index (χ1n) is 5.65. The summed E-state index contributed by atoms with van der Waals surface area (Å²) in [6, 6.07) is 0. The van der Waals surface area contributed by atoms with E-state index in [0.29, 0.717) is 11.8 Å². The summed E-state index contributed by atoms with van der Waals surface area (Å²) in [4.78, 5) is 11.9. The van der Waals surface area contributed by atoms with Crippen molar-refractivity contribution in [1.82, 2.24) is 0 Å². The van der Waals surface area contributed by atoms with Crippen LogP contribution in [0.25, 0.3) is 0 Å². The number of rotatable bonds is 3. The van der Waals surface area contributed by atoms with Crippen LogP contribution in [0.4, 0.5) is 0 Å². The molecule has 0 saturated carbocycles. The largest absolute Gasteiger partial charge is 0.290 e. The standard InChI is InChI=1S/C14H20O/c1-5-7-13(15)14-11(4)8-6-9-12(14)10(2)3/h5-7,9-11H,8H2,1-4H3. The van der Waals surface area contributed by atoms with Crippen LogP contribution < -0.4 is 0 Å². The molecule has 0 amide bonds. The molecule has 82 valence electrons. The molecule has 1 atom stereocenters. The predicted octanol–water partition coefficient (Wildman–Crippen LogP) is 3.68. The summed E-state index contributed by atoms with van der Waals surface area (Å²) in [6.07, 6.45) is 8.76. The Bertz CT molecular complexity index is 329. The zero-order valence-electron chi connectivity index (χ0n) is 10.1. The molecular weight excluding hydrogens is 184 g/mol. The van der Waals surface area contributed by atoms with Crippen LogP contribution in [0.5, 0.6) is 0 Å². The van der Waals surface area contributed by atoms with E-state index in [4.69, 9.17) is 0 Å². The van der Waals surface area contributed by atoms with Crippen LogP contribution >= 0.6 is 0 Å². The Kier molecular flexibility index (Phi) is 4.07. The zero-order valence-corrected chi connectivity index (χ0v) is 10.1. The minimum Gasteiger partial charge on any atom is -0.290 e. The monoisotopic (exact) mass is 204 g/mol. The molecule has 0 aliphatic heterocycles. The lowest BCUT2D eigenvalue weighted by molar-refractivity contribution is -0.111. The fourth-order valence-corrected chi connectivity index (χ4v) is 2.02. The third-order valence-electron chi connectivity index (χ3n) is 2.80. The Morgan fingerprint density at radius 3 is 2.73 bits per heavy atom. The predicted molar refractivity (Wildman–Crippen MR) is 64.6 cm³/mol. The fourth-order valence-electron chi connectivity index (χ4n) is 2.02. The van der Waals surface area contributed by atoms with Crippen molar-refractivity contribution in [3.05, 3.63) is 35.5 Å². The molecule has 0 fully saturated rings. The Labute approximate surface area is 92.6 Å². The molecule has 0 aromatic rings. The molecule has 0 bridgehead atoms. The van der Waals surface area contributed by atoms with Gasteiger partial charge in [-0.25, -0.2) is 0 Å². The maximum Gasteiger partial charge on any atom is 0.182 e. The van der Waals surface area contributed by atoms with Gasteiger partial charge in [-0.2, -0.15) is 0 Å². The molecular formula is C14H20O. The highest BCUT2D eigenvalue weighted by molar-refractivity contribution is 6.05.